The van der Waals surface area contributed by atoms with Crippen LogP contribution in [0.25, 0.3) is 0 Å². The summed E-state index contributed by atoms with van der Waals surface area (Å²) in [5.41, 5.74) is 3.27. The molecule has 1 aliphatic heterocycles. The summed E-state index contributed by atoms with van der Waals surface area (Å²) in [6.45, 7) is 2.98. The van der Waals surface area contributed by atoms with Gasteiger partial charge in [0.2, 0.25) is 10.0 Å². The molecule has 1 heterocycles. The summed E-state index contributed by atoms with van der Waals surface area (Å²) in [5, 5.41) is 3.60. The Balaban J connectivity index is 1.79. The molecule has 6 heteroatoms. The van der Waals surface area contributed by atoms with Crippen molar-refractivity contribution in [2.75, 3.05) is 13.1 Å². The van der Waals surface area contributed by atoms with Crippen molar-refractivity contribution >= 4 is 21.6 Å². The van der Waals surface area contributed by atoms with Crippen LogP contribution >= 0.6 is 11.6 Å². The van der Waals surface area contributed by atoms with Gasteiger partial charge in [0.05, 0.1) is 5.02 Å². The van der Waals surface area contributed by atoms with Crippen molar-refractivity contribution in [2.45, 2.75) is 24.3 Å². The van der Waals surface area contributed by atoms with E-state index in [1.54, 1.807) is 18.2 Å². The molecule has 3 rings (SSSR count). The number of hydrogen-bond donors (Lipinski definition) is 2. The van der Waals surface area contributed by atoms with E-state index >= 15 is 0 Å². The first-order chi connectivity index (χ1) is 11.0. The van der Waals surface area contributed by atoms with Crippen LogP contribution in [0.4, 0.5) is 0 Å². The van der Waals surface area contributed by atoms with E-state index in [0.717, 1.165) is 24.1 Å². The van der Waals surface area contributed by atoms with E-state index < -0.39 is 10.0 Å². The van der Waals surface area contributed by atoms with Gasteiger partial charge in [0.15, 0.2) is 0 Å². The maximum Gasteiger partial charge on any atom is 0.242 e. The third kappa shape index (κ3) is 3.58. The molecule has 0 amide bonds. The lowest BCUT2D eigenvalue weighted by Gasteiger charge is -2.27. The van der Waals surface area contributed by atoms with Crippen LogP contribution < -0.4 is 10.0 Å². The van der Waals surface area contributed by atoms with Crippen molar-refractivity contribution in [3.05, 3.63) is 64.2 Å². The fourth-order valence-corrected chi connectivity index (χ4v) is 4.49. The molecule has 0 radical (unpaired) electrons. The largest absolute Gasteiger partial charge is 0.308 e. The Morgan fingerprint density at radius 3 is 2.87 bits per heavy atom. The Bertz CT molecular complexity index is 821. The summed E-state index contributed by atoms with van der Waals surface area (Å²) in [4.78, 5) is 0.128. The normalized spacial score (nSPS) is 17.7. The van der Waals surface area contributed by atoms with Crippen LogP contribution in [0.3, 0.4) is 0 Å². The molecule has 0 spiro atoms. The number of halogens is 1. The predicted molar refractivity (Wildman–Crippen MR) is 92.3 cm³/mol. The number of nitrogens with one attached hydrogen (secondary N) is 2. The molecule has 0 aliphatic carbocycles. The number of hydrogen-bond acceptors (Lipinski definition) is 3. The van der Waals surface area contributed by atoms with E-state index in [-0.39, 0.29) is 16.0 Å². The van der Waals surface area contributed by atoms with Crippen LogP contribution in [-0.2, 0) is 16.4 Å². The highest BCUT2D eigenvalue weighted by atomic mass is 35.5. The van der Waals surface area contributed by atoms with Gasteiger partial charge >= 0.3 is 0 Å². The van der Waals surface area contributed by atoms with Crippen molar-refractivity contribution in [1.29, 1.82) is 0 Å². The fourth-order valence-electron chi connectivity index (χ4n) is 2.86. The quantitative estimate of drug-likeness (QED) is 0.891. The second-order valence-electron chi connectivity index (χ2n) is 5.74. The highest BCUT2D eigenvalue weighted by Crippen LogP contribution is 2.25. The van der Waals surface area contributed by atoms with Crippen LogP contribution in [-0.4, -0.2) is 21.5 Å². The molecule has 1 unspecified atom stereocenters. The molecule has 2 aromatic carbocycles. The second-order valence-corrected chi connectivity index (χ2v) is 7.88. The minimum atomic E-state index is -3.64. The monoisotopic (exact) mass is 350 g/mol. The third-order valence-electron chi connectivity index (χ3n) is 4.07. The first-order valence-corrected chi connectivity index (χ1v) is 9.40. The topological polar surface area (TPSA) is 58.2 Å². The summed E-state index contributed by atoms with van der Waals surface area (Å²) >= 11 is 6.05. The molecule has 0 saturated carbocycles. The minimum Gasteiger partial charge on any atom is -0.308 e. The standard InChI is InChI=1S/C17H19ClN2O2S/c1-12-6-7-15(18)17(10-12)23(21,22)20-11-16-14-5-3-2-4-13(14)8-9-19-16/h2-7,10,16,19-20H,8-9,11H2,1H3. The summed E-state index contributed by atoms with van der Waals surface area (Å²) in [6, 6.07) is 13.1. The van der Waals surface area contributed by atoms with Gasteiger partial charge in [-0.1, -0.05) is 41.9 Å². The maximum atomic E-state index is 12.5. The van der Waals surface area contributed by atoms with Gasteiger partial charge in [-0.05, 0) is 48.7 Å². The summed E-state index contributed by atoms with van der Waals surface area (Å²) in [7, 11) is -3.64. The van der Waals surface area contributed by atoms with E-state index in [0.29, 0.717) is 6.54 Å². The molecule has 1 aliphatic rings. The molecular weight excluding hydrogens is 332 g/mol. The Morgan fingerprint density at radius 2 is 2.04 bits per heavy atom. The van der Waals surface area contributed by atoms with E-state index in [9.17, 15) is 8.42 Å². The Labute approximate surface area is 141 Å². The number of fused-ring (bicyclic) bond motifs is 1. The van der Waals surface area contributed by atoms with Gasteiger partial charge in [0, 0.05) is 12.6 Å². The first-order valence-electron chi connectivity index (χ1n) is 7.54. The molecule has 2 aromatic rings. The molecule has 4 nitrogen and oxygen atoms in total. The lowest BCUT2D eigenvalue weighted by atomic mass is 9.95. The molecule has 0 fully saturated rings. The van der Waals surface area contributed by atoms with Crippen molar-refractivity contribution in [1.82, 2.24) is 10.0 Å². The lowest BCUT2D eigenvalue weighted by molar-refractivity contribution is 0.491. The van der Waals surface area contributed by atoms with Crippen LogP contribution in [0.1, 0.15) is 22.7 Å². The van der Waals surface area contributed by atoms with Crippen molar-refractivity contribution in [3.8, 4) is 0 Å². The third-order valence-corrected chi connectivity index (χ3v) is 5.97. The predicted octanol–water partition coefficient (Wildman–Crippen LogP) is 2.81. The molecule has 23 heavy (non-hydrogen) atoms. The molecule has 0 aromatic heterocycles. The average Bonchev–Trinajstić information content (AvgIpc) is 2.55. The number of benzene rings is 2. The van der Waals surface area contributed by atoms with Crippen molar-refractivity contribution < 1.29 is 8.42 Å². The number of rotatable bonds is 4. The van der Waals surface area contributed by atoms with E-state index in [1.165, 1.54) is 5.56 Å². The minimum absolute atomic E-state index is 0.0293. The summed E-state index contributed by atoms with van der Waals surface area (Å²) < 4.78 is 27.8. The molecule has 2 N–H and O–H groups in total. The Morgan fingerprint density at radius 1 is 1.26 bits per heavy atom. The lowest BCUT2D eigenvalue weighted by Crippen LogP contribution is -2.38. The van der Waals surface area contributed by atoms with Crippen molar-refractivity contribution in [3.63, 3.8) is 0 Å². The summed E-state index contributed by atoms with van der Waals surface area (Å²) in [5.74, 6) is 0. The van der Waals surface area contributed by atoms with Crippen LogP contribution in [0, 0.1) is 6.92 Å². The zero-order chi connectivity index (χ0) is 16.4. The zero-order valence-corrected chi connectivity index (χ0v) is 14.4. The van der Waals surface area contributed by atoms with E-state index in [1.807, 2.05) is 25.1 Å². The van der Waals surface area contributed by atoms with Crippen LogP contribution in [0.5, 0.6) is 0 Å². The Kier molecular flexibility index (Phi) is 4.73. The van der Waals surface area contributed by atoms with Gasteiger partial charge in [0.25, 0.3) is 0 Å². The second kappa shape index (κ2) is 6.61. The molecular formula is C17H19ClN2O2S. The van der Waals surface area contributed by atoms with Crippen molar-refractivity contribution in [2.24, 2.45) is 0 Å². The van der Waals surface area contributed by atoms with Crippen LogP contribution in [0.15, 0.2) is 47.4 Å². The highest BCUT2D eigenvalue weighted by molar-refractivity contribution is 7.89. The highest BCUT2D eigenvalue weighted by Gasteiger charge is 2.23. The number of aryl methyl sites for hydroxylation is 1. The Hall–Kier alpha value is -1.40. The zero-order valence-electron chi connectivity index (χ0n) is 12.8. The maximum absolute atomic E-state index is 12.5. The SMILES string of the molecule is Cc1ccc(Cl)c(S(=O)(=O)NCC2NCCc3ccccc32)c1. The van der Waals surface area contributed by atoms with Gasteiger partial charge in [-0.3, -0.25) is 0 Å². The molecule has 1 atom stereocenters. The molecule has 0 bridgehead atoms. The van der Waals surface area contributed by atoms with Gasteiger partial charge in [-0.15, -0.1) is 0 Å². The fraction of sp³-hybridized carbons (Fsp3) is 0.294. The van der Waals surface area contributed by atoms with E-state index in [4.69, 9.17) is 11.6 Å². The summed E-state index contributed by atoms with van der Waals surface area (Å²) in [6.07, 6.45) is 0.961. The number of sulfonamides is 1. The molecule has 0 saturated heterocycles. The molecule has 122 valence electrons. The van der Waals surface area contributed by atoms with Gasteiger partial charge in [0.1, 0.15) is 4.90 Å². The van der Waals surface area contributed by atoms with Gasteiger partial charge < -0.3 is 5.32 Å². The van der Waals surface area contributed by atoms with Gasteiger partial charge in [-0.2, -0.15) is 0 Å². The van der Waals surface area contributed by atoms with Crippen LogP contribution in [0.2, 0.25) is 5.02 Å². The smallest absolute Gasteiger partial charge is 0.242 e. The van der Waals surface area contributed by atoms with Gasteiger partial charge in [-0.25, -0.2) is 13.1 Å². The van der Waals surface area contributed by atoms with E-state index in [2.05, 4.69) is 16.1 Å². The average molecular weight is 351 g/mol. The first kappa shape index (κ1) is 16.5.